The molecule has 0 radical (unpaired) electrons. The minimum atomic E-state index is -0.0121. The molecule has 1 amide bonds. The summed E-state index contributed by atoms with van der Waals surface area (Å²) in [6.07, 6.45) is 5.17. The third kappa shape index (κ3) is 3.76. The first-order chi connectivity index (χ1) is 9.75. The molecule has 1 fully saturated rings. The molecule has 1 aliphatic heterocycles. The highest BCUT2D eigenvalue weighted by Crippen LogP contribution is 2.21. The molecule has 22 heavy (non-hydrogen) atoms. The summed E-state index contributed by atoms with van der Waals surface area (Å²) in [5.74, 6) is 1.06. The van der Waals surface area contributed by atoms with Crippen molar-refractivity contribution in [3.05, 3.63) is 36.8 Å². The number of aromatic nitrogens is 3. The van der Waals surface area contributed by atoms with Crippen LogP contribution in [0.5, 0.6) is 0 Å². The second-order valence-corrected chi connectivity index (χ2v) is 5.02. The van der Waals surface area contributed by atoms with E-state index in [1.165, 1.54) is 0 Å². The zero-order chi connectivity index (χ0) is 13.9. The molecule has 3 heterocycles. The van der Waals surface area contributed by atoms with Crippen molar-refractivity contribution in [1.29, 1.82) is 0 Å². The van der Waals surface area contributed by atoms with Crippen LogP contribution in [0.25, 0.3) is 5.82 Å². The summed E-state index contributed by atoms with van der Waals surface area (Å²) in [6, 6.07) is 5.47. The molecule has 1 unspecified atom stereocenters. The van der Waals surface area contributed by atoms with Gasteiger partial charge in [-0.3, -0.25) is 4.79 Å². The van der Waals surface area contributed by atoms with Crippen molar-refractivity contribution in [2.45, 2.75) is 6.92 Å². The summed E-state index contributed by atoms with van der Waals surface area (Å²) in [4.78, 5) is 16.6. The first-order valence-corrected chi connectivity index (χ1v) is 6.72. The van der Waals surface area contributed by atoms with Gasteiger partial charge in [-0.2, -0.15) is 5.10 Å². The Balaban J connectivity index is 0.00000121. The number of nitrogens with zero attached hydrogens (tertiary/aromatic N) is 3. The van der Waals surface area contributed by atoms with Gasteiger partial charge in [-0.1, -0.05) is 6.92 Å². The number of anilines is 1. The van der Waals surface area contributed by atoms with Crippen LogP contribution >= 0.6 is 24.8 Å². The molecule has 0 saturated carbocycles. The van der Waals surface area contributed by atoms with Gasteiger partial charge in [0.05, 0.1) is 5.69 Å². The summed E-state index contributed by atoms with van der Waals surface area (Å²) in [5, 5.41) is 10.3. The molecule has 1 saturated heterocycles. The van der Waals surface area contributed by atoms with Crippen molar-refractivity contribution in [2.24, 2.45) is 11.8 Å². The fourth-order valence-electron chi connectivity index (χ4n) is 2.20. The zero-order valence-electron chi connectivity index (χ0n) is 12.1. The summed E-state index contributed by atoms with van der Waals surface area (Å²) in [6.45, 7) is 3.78. The van der Waals surface area contributed by atoms with Crippen LogP contribution < -0.4 is 10.6 Å². The van der Waals surface area contributed by atoms with E-state index in [0.29, 0.717) is 17.4 Å². The van der Waals surface area contributed by atoms with Gasteiger partial charge >= 0.3 is 0 Å². The van der Waals surface area contributed by atoms with Gasteiger partial charge in [-0.15, -0.1) is 24.8 Å². The maximum absolute atomic E-state index is 12.3. The Hall–Kier alpha value is -1.63. The Morgan fingerprint density at radius 1 is 1.36 bits per heavy atom. The van der Waals surface area contributed by atoms with E-state index in [2.05, 4.69) is 20.7 Å². The topological polar surface area (TPSA) is 71.8 Å². The highest BCUT2D eigenvalue weighted by Gasteiger charge is 2.29. The molecule has 1 atom stereocenters. The summed E-state index contributed by atoms with van der Waals surface area (Å²) < 4.78 is 1.64. The SMILES string of the molecule is CC(C(=O)Nc1cccnc1-n1cccn1)C1CNC1.Cl.Cl. The van der Waals surface area contributed by atoms with Gasteiger partial charge < -0.3 is 10.6 Å². The average molecular weight is 344 g/mol. The van der Waals surface area contributed by atoms with E-state index < -0.39 is 0 Å². The normalized spacial score (nSPS) is 15.0. The second kappa shape index (κ2) is 8.12. The number of hydrogen-bond acceptors (Lipinski definition) is 4. The van der Waals surface area contributed by atoms with E-state index in [1.807, 2.05) is 19.1 Å². The molecule has 0 spiro atoms. The standard InChI is InChI=1S/C14H17N5O.2ClH/c1-10(11-8-15-9-11)14(20)18-12-4-2-5-16-13(12)19-7-3-6-17-19;;/h2-7,10-11,15H,8-9H2,1H3,(H,18,20);2*1H. The lowest BCUT2D eigenvalue weighted by atomic mass is 9.88. The number of rotatable bonds is 4. The van der Waals surface area contributed by atoms with Gasteiger partial charge in [-0.25, -0.2) is 9.67 Å². The molecule has 3 rings (SSSR count). The van der Waals surface area contributed by atoms with Crippen LogP contribution in [0.3, 0.4) is 0 Å². The summed E-state index contributed by atoms with van der Waals surface area (Å²) in [5.41, 5.74) is 0.681. The fraction of sp³-hybridized carbons (Fsp3) is 0.357. The van der Waals surface area contributed by atoms with Gasteiger partial charge in [-0.05, 0) is 37.2 Å². The molecule has 6 nitrogen and oxygen atoms in total. The van der Waals surface area contributed by atoms with E-state index in [-0.39, 0.29) is 36.6 Å². The molecule has 0 aromatic carbocycles. The number of amides is 1. The molecule has 2 aromatic rings. The van der Waals surface area contributed by atoms with Crippen molar-refractivity contribution in [2.75, 3.05) is 18.4 Å². The van der Waals surface area contributed by atoms with Crippen LogP contribution in [0.1, 0.15) is 6.92 Å². The van der Waals surface area contributed by atoms with E-state index in [9.17, 15) is 4.79 Å². The summed E-state index contributed by atoms with van der Waals surface area (Å²) in [7, 11) is 0. The minimum Gasteiger partial charge on any atom is -0.323 e. The Kier molecular flexibility index (Phi) is 6.80. The van der Waals surface area contributed by atoms with Gasteiger partial charge in [0.15, 0.2) is 5.82 Å². The maximum Gasteiger partial charge on any atom is 0.227 e. The predicted octanol–water partition coefficient (Wildman–Crippen LogP) is 1.90. The van der Waals surface area contributed by atoms with Crippen molar-refractivity contribution in [3.63, 3.8) is 0 Å². The smallest absolute Gasteiger partial charge is 0.227 e. The van der Waals surface area contributed by atoms with Gasteiger partial charge in [0.2, 0.25) is 5.91 Å². The quantitative estimate of drug-likeness (QED) is 0.889. The second-order valence-electron chi connectivity index (χ2n) is 5.02. The lowest BCUT2D eigenvalue weighted by Crippen LogP contribution is -2.48. The first kappa shape index (κ1) is 18.4. The molecule has 0 aliphatic carbocycles. The molecule has 120 valence electrons. The van der Waals surface area contributed by atoms with Crippen molar-refractivity contribution in [1.82, 2.24) is 20.1 Å². The highest BCUT2D eigenvalue weighted by molar-refractivity contribution is 5.94. The molecule has 2 aromatic heterocycles. The van der Waals surface area contributed by atoms with Crippen LogP contribution in [0, 0.1) is 11.8 Å². The molecule has 0 bridgehead atoms. The fourth-order valence-corrected chi connectivity index (χ4v) is 2.20. The molecular weight excluding hydrogens is 325 g/mol. The van der Waals surface area contributed by atoms with Crippen LogP contribution in [-0.4, -0.2) is 33.8 Å². The van der Waals surface area contributed by atoms with Gasteiger partial charge in [0, 0.05) is 24.5 Å². The Bertz CT molecular complexity index is 601. The Morgan fingerprint density at radius 3 is 2.73 bits per heavy atom. The lowest BCUT2D eigenvalue weighted by molar-refractivity contribution is -0.121. The van der Waals surface area contributed by atoms with Gasteiger partial charge in [0.25, 0.3) is 0 Å². The zero-order valence-corrected chi connectivity index (χ0v) is 13.7. The van der Waals surface area contributed by atoms with Crippen LogP contribution in [0.4, 0.5) is 5.69 Å². The molecule has 2 N–H and O–H groups in total. The lowest BCUT2D eigenvalue weighted by Gasteiger charge is -2.31. The van der Waals surface area contributed by atoms with Crippen LogP contribution in [0.15, 0.2) is 36.8 Å². The number of nitrogens with one attached hydrogen (secondary N) is 2. The highest BCUT2D eigenvalue weighted by atomic mass is 35.5. The number of halogens is 2. The van der Waals surface area contributed by atoms with E-state index in [0.717, 1.165) is 13.1 Å². The number of pyridine rings is 1. The number of carbonyl (C=O) groups is 1. The van der Waals surface area contributed by atoms with Crippen molar-refractivity contribution < 1.29 is 4.79 Å². The molecular formula is C14H19Cl2N5O. The molecule has 1 aliphatic rings. The first-order valence-electron chi connectivity index (χ1n) is 6.72. The average Bonchev–Trinajstić information content (AvgIpc) is 2.91. The van der Waals surface area contributed by atoms with Crippen molar-refractivity contribution >= 4 is 36.4 Å². The van der Waals surface area contributed by atoms with Crippen LogP contribution in [-0.2, 0) is 4.79 Å². The van der Waals surface area contributed by atoms with E-state index >= 15 is 0 Å². The number of carbonyl (C=O) groups excluding carboxylic acids is 1. The van der Waals surface area contributed by atoms with E-state index in [1.54, 1.807) is 29.3 Å². The Labute approximate surface area is 141 Å². The maximum atomic E-state index is 12.3. The van der Waals surface area contributed by atoms with Crippen LogP contribution in [0.2, 0.25) is 0 Å². The third-order valence-corrected chi connectivity index (χ3v) is 3.70. The Morgan fingerprint density at radius 2 is 2.14 bits per heavy atom. The predicted molar refractivity (Wildman–Crippen MR) is 90.0 cm³/mol. The number of hydrogen-bond donors (Lipinski definition) is 2. The van der Waals surface area contributed by atoms with E-state index in [4.69, 9.17) is 0 Å². The minimum absolute atomic E-state index is 0. The monoisotopic (exact) mass is 343 g/mol. The third-order valence-electron chi connectivity index (χ3n) is 3.70. The van der Waals surface area contributed by atoms with Crippen molar-refractivity contribution in [3.8, 4) is 5.82 Å². The molecule has 8 heteroatoms. The largest absolute Gasteiger partial charge is 0.323 e. The summed E-state index contributed by atoms with van der Waals surface area (Å²) >= 11 is 0. The van der Waals surface area contributed by atoms with Gasteiger partial charge in [0.1, 0.15) is 0 Å².